The van der Waals surface area contributed by atoms with Crippen molar-refractivity contribution in [2.75, 3.05) is 6.61 Å². The summed E-state index contributed by atoms with van der Waals surface area (Å²) in [5, 5.41) is 0. The first-order valence-electron chi connectivity index (χ1n) is 8.42. The second-order valence-corrected chi connectivity index (χ2v) is 10.4. The average molecular weight is 354 g/mol. The smallest absolute Gasteiger partial charge is 0.165 e. The lowest BCUT2D eigenvalue weighted by Gasteiger charge is -2.24. The van der Waals surface area contributed by atoms with E-state index >= 15 is 0 Å². The summed E-state index contributed by atoms with van der Waals surface area (Å²) in [6.45, 7) is 12.3. The van der Waals surface area contributed by atoms with E-state index in [1.165, 1.54) is 6.07 Å². The fourth-order valence-electron chi connectivity index (χ4n) is 2.10. The molecule has 0 spiro atoms. The zero-order valence-corrected chi connectivity index (χ0v) is 16.3. The van der Waals surface area contributed by atoms with Gasteiger partial charge in [0.1, 0.15) is 11.0 Å². The molecular weight excluding hydrogens is 325 g/mol. The van der Waals surface area contributed by atoms with Crippen LogP contribution in [0.1, 0.15) is 59.9 Å². The van der Waals surface area contributed by atoms with Crippen molar-refractivity contribution in [3.8, 4) is 5.75 Å². The fraction of sp³-hybridized carbons (Fsp3) is 0.632. The third kappa shape index (κ3) is 5.13. The SMILES string of the molecule is CC(C)(C)C(=N[S@@](=O)C(C)(C)C)c1ccc(F)c(OCC2CC2)c1. The van der Waals surface area contributed by atoms with E-state index in [9.17, 15) is 8.60 Å². The van der Waals surface area contributed by atoms with E-state index in [2.05, 4.69) is 4.40 Å². The van der Waals surface area contributed by atoms with Crippen molar-refractivity contribution in [3.63, 3.8) is 0 Å². The van der Waals surface area contributed by atoms with Crippen LogP contribution in [0.4, 0.5) is 4.39 Å². The number of hydrogen-bond donors (Lipinski definition) is 0. The molecule has 0 heterocycles. The van der Waals surface area contributed by atoms with Gasteiger partial charge in [-0.05, 0) is 57.7 Å². The van der Waals surface area contributed by atoms with Crippen molar-refractivity contribution >= 4 is 16.7 Å². The molecule has 1 fully saturated rings. The van der Waals surface area contributed by atoms with Gasteiger partial charge in [-0.1, -0.05) is 20.8 Å². The lowest BCUT2D eigenvalue weighted by Crippen LogP contribution is -2.26. The Morgan fingerprint density at radius 2 is 1.88 bits per heavy atom. The molecule has 1 aliphatic carbocycles. The Bertz CT molecular complexity index is 652. The van der Waals surface area contributed by atoms with E-state index in [4.69, 9.17) is 4.74 Å². The summed E-state index contributed by atoms with van der Waals surface area (Å²) in [7, 11) is -1.37. The Kier molecular flexibility index (Phi) is 5.53. The molecule has 1 aromatic rings. The largest absolute Gasteiger partial charge is 0.490 e. The Morgan fingerprint density at radius 1 is 1.25 bits per heavy atom. The summed E-state index contributed by atoms with van der Waals surface area (Å²) in [5.74, 6) is 0.430. The number of hydrogen-bond acceptors (Lipinski definition) is 2. The second kappa shape index (κ2) is 6.95. The molecule has 1 aliphatic rings. The molecule has 2 rings (SSSR count). The number of ether oxygens (including phenoxy) is 1. The van der Waals surface area contributed by atoms with Crippen molar-refractivity contribution in [1.82, 2.24) is 0 Å². The van der Waals surface area contributed by atoms with E-state index in [-0.39, 0.29) is 17.0 Å². The van der Waals surface area contributed by atoms with Crippen LogP contribution >= 0.6 is 0 Å². The lowest BCUT2D eigenvalue weighted by molar-refractivity contribution is 0.285. The minimum Gasteiger partial charge on any atom is -0.490 e. The molecule has 0 bridgehead atoms. The molecule has 24 heavy (non-hydrogen) atoms. The van der Waals surface area contributed by atoms with E-state index in [0.29, 0.717) is 18.2 Å². The van der Waals surface area contributed by atoms with Gasteiger partial charge in [-0.3, -0.25) is 0 Å². The molecule has 1 atom stereocenters. The fourth-order valence-corrected chi connectivity index (χ4v) is 2.91. The van der Waals surface area contributed by atoms with Gasteiger partial charge in [0.25, 0.3) is 0 Å². The predicted molar refractivity (Wildman–Crippen MR) is 98.5 cm³/mol. The van der Waals surface area contributed by atoms with Crippen LogP contribution in [0.25, 0.3) is 0 Å². The van der Waals surface area contributed by atoms with Gasteiger partial charge in [-0.2, -0.15) is 4.40 Å². The summed E-state index contributed by atoms with van der Waals surface area (Å²) in [6, 6.07) is 4.77. The number of benzene rings is 1. The van der Waals surface area contributed by atoms with Gasteiger partial charge in [0.05, 0.1) is 17.1 Å². The van der Waals surface area contributed by atoms with Crippen LogP contribution in [0.5, 0.6) is 5.75 Å². The van der Waals surface area contributed by atoms with E-state index in [1.54, 1.807) is 12.1 Å². The van der Waals surface area contributed by atoms with Gasteiger partial charge in [0, 0.05) is 11.0 Å². The molecule has 0 aromatic heterocycles. The highest BCUT2D eigenvalue weighted by Crippen LogP contribution is 2.32. The highest BCUT2D eigenvalue weighted by molar-refractivity contribution is 7.85. The highest BCUT2D eigenvalue weighted by Gasteiger charge is 2.27. The first-order valence-corrected chi connectivity index (χ1v) is 9.53. The minimum atomic E-state index is -1.37. The molecule has 1 saturated carbocycles. The standard InChI is InChI=1S/C19H28FNO2S/c1-18(2,3)17(21-24(22)19(4,5)6)14-9-10-15(20)16(11-14)23-12-13-7-8-13/h9-11,13H,7-8,12H2,1-6H3/t24-/m0/s1. The summed E-state index contributed by atoms with van der Waals surface area (Å²) in [6.07, 6.45) is 2.31. The van der Waals surface area contributed by atoms with E-state index in [1.807, 2.05) is 41.5 Å². The normalized spacial score (nSPS) is 17.7. The Hall–Kier alpha value is -1.23. The molecule has 0 aliphatic heterocycles. The quantitative estimate of drug-likeness (QED) is 0.705. The van der Waals surface area contributed by atoms with Crippen molar-refractivity contribution in [2.24, 2.45) is 15.7 Å². The first-order chi connectivity index (χ1) is 11.0. The van der Waals surface area contributed by atoms with Crippen LogP contribution in [-0.4, -0.2) is 21.3 Å². The van der Waals surface area contributed by atoms with E-state index < -0.39 is 15.7 Å². The zero-order valence-electron chi connectivity index (χ0n) is 15.5. The van der Waals surface area contributed by atoms with Crippen molar-refractivity contribution in [2.45, 2.75) is 59.1 Å². The molecule has 0 unspecified atom stereocenters. The Labute approximate surface area is 147 Å². The zero-order chi connectivity index (χ0) is 18.1. The second-order valence-electron chi connectivity index (χ2n) is 8.45. The van der Waals surface area contributed by atoms with Gasteiger partial charge in [0.15, 0.2) is 11.6 Å². The van der Waals surface area contributed by atoms with Crippen LogP contribution in [0.2, 0.25) is 0 Å². The molecule has 5 heteroatoms. The van der Waals surface area contributed by atoms with Crippen LogP contribution in [0.3, 0.4) is 0 Å². The predicted octanol–water partition coefficient (Wildman–Crippen LogP) is 4.91. The van der Waals surface area contributed by atoms with Gasteiger partial charge in [0.2, 0.25) is 0 Å². The van der Waals surface area contributed by atoms with Crippen molar-refractivity contribution in [1.29, 1.82) is 0 Å². The lowest BCUT2D eigenvalue weighted by atomic mass is 9.85. The molecular formula is C19H28FNO2S. The third-order valence-electron chi connectivity index (χ3n) is 3.78. The maximum Gasteiger partial charge on any atom is 0.165 e. The van der Waals surface area contributed by atoms with Crippen LogP contribution in [-0.2, 0) is 11.0 Å². The molecule has 0 radical (unpaired) electrons. The molecule has 1 aromatic carbocycles. The summed E-state index contributed by atoms with van der Waals surface area (Å²) >= 11 is 0. The topological polar surface area (TPSA) is 38.7 Å². The van der Waals surface area contributed by atoms with Crippen molar-refractivity contribution in [3.05, 3.63) is 29.6 Å². The number of halogens is 1. The molecule has 0 amide bonds. The third-order valence-corrected chi connectivity index (χ3v) is 5.18. The van der Waals surface area contributed by atoms with Gasteiger partial charge < -0.3 is 4.74 Å². The molecule has 134 valence electrons. The number of rotatable bonds is 5. The van der Waals surface area contributed by atoms with Crippen molar-refractivity contribution < 1.29 is 13.3 Å². The van der Waals surface area contributed by atoms with Crippen LogP contribution in [0, 0.1) is 17.2 Å². The molecule has 3 nitrogen and oxygen atoms in total. The van der Waals surface area contributed by atoms with Gasteiger partial charge in [-0.25, -0.2) is 8.60 Å². The Morgan fingerprint density at radius 3 is 2.38 bits per heavy atom. The Balaban J connectivity index is 2.37. The summed E-state index contributed by atoms with van der Waals surface area (Å²) in [5.41, 5.74) is 1.14. The summed E-state index contributed by atoms with van der Waals surface area (Å²) in [4.78, 5) is 0. The average Bonchev–Trinajstić information content (AvgIpc) is 3.25. The van der Waals surface area contributed by atoms with E-state index in [0.717, 1.165) is 18.4 Å². The van der Waals surface area contributed by atoms with Gasteiger partial charge >= 0.3 is 0 Å². The maximum absolute atomic E-state index is 14.0. The molecule has 0 saturated heterocycles. The number of nitrogens with zero attached hydrogens (tertiary/aromatic N) is 1. The van der Waals surface area contributed by atoms with Crippen LogP contribution in [0.15, 0.2) is 22.6 Å². The molecule has 0 N–H and O–H groups in total. The monoisotopic (exact) mass is 353 g/mol. The minimum absolute atomic E-state index is 0.248. The van der Waals surface area contributed by atoms with Crippen LogP contribution < -0.4 is 4.74 Å². The first kappa shape index (κ1) is 19.1. The summed E-state index contributed by atoms with van der Waals surface area (Å²) < 4.78 is 36.2. The highest BCUT2D eigenvalue weighted by atomic mass is 32.2. The maximum atomic E-state index is 14.0. The van der Waals surface area contributed by atoms with Gasteiger partial charge in [-0.15, -0.1) is 0 Å².